The first-order chi connectivity index (χ1) is 14.7. The molecule has 3 amide bonds. The molecule has 0 radical (unpaired) electrons. The minimum Gasteiger partial charge on any atom is -0.472 e. The van der Waals surface area contributed by atoms with Gasteiger partial charge in [0.2, 0.25) is 11.8 Å². The molecule has 0 bridgehead atoms. The molecule has 9 heteroatoms. The molecule has 1 unspecified atom stereocenters. The molecule has 1 atom stereocenters. The summed E-state index contributed by atoms with van der Waals surface area (Å²) in [5.41, 5.74) is 1.08. The number of nitrogens with zero attached hydrogens (tertiary/aromatic N) is 2. The van der Waals surface area contributed by atoms with E-state index < -0.39 is 23.7 Å². The first kappa shape index (κ1) is 22.5. The van der Waals surface area contributed by atoms with Crippen LogP contribution in [0.3, 0.4) is 0 Å². The van der Waals surface area contributed by atoms with Crippen molar-refractivity contribution in [3.63, 3.8) is 0 Å². The van der Waals surface area contributed by atoms with Crippen molar-refractivity contribution in [2.24, 2.45) is 0 Å². The normalized spacial score (nSPS) is 16.8. The van der Waals surface area contributed by atoms with E-state index in [1.165, 1.54) is 23.5 Å². The van der Waals surface area contributed by atoms with E-state index >= 15 is 0 Å². The Bertz CT molecular complexity index is 945. The number of halogens is 1. The average molecular weight is 430 g/mol. The van der Waals surface area contributed by atoms with Gasteiger partial charge in [-0.25, -0.2) is 4.39 Å². The van der Waals surface area contributed by atoms with E-state index in [-0.39, 0.29) is 29.6 Å². The minimum absolute atomic E-state index is 0.0653. The monoisotopic (exact) mass is 430 g/mol. The molecule has 8 nitrogen and oxygen atoms in total. The van der Waals surface area contributed by atoms with Crippen LogP contribution in [0.4, 0.5) is 10.1 Å². The third kappa shape index (κ3) is 5.69. The number of anilines is 1. The molecule has 1 aromatic carbocycles. The number of rotatable bonds is 7. The van der Waals surface area contributed by atoms with Gasteiger partial charge in [0.05, 0.1) is 25.0 Å². The van der Waals surface area contributed by atoms with Gasteiger partial charge >= 0.3 is 0 Å². The molecule has 0 aliphatic carbocycles. The van der Waals surface area contributed by atoms with E-state index in [1.54, 1.807) is 13.1 Å². The zero-order valence-corrected chi connectivity index (χ0v) is 17.9. The summed E-state index contributed by atoms with van der Waals surface area (Å²) in [5.74, 6) is -1.67. The smallest absolute Gasteiger partial charge is 0.254 e. The van der Waals surface area contributed by atoms with Gasteiger partial charge in [0.1, 0.15) is 5.82 Å². The second kappa shape index (κ2) is 9.74. The quantitative estimate of drug-likeness (QED) is 0.703. The van der Waals surface area contributed by atoms with Gasteiger partial charge in [-0.15, -0.1) is 0 Å². The van der Waals surface area contributed by atoms with Gasteiger partial charge in [0, 0.05) is 49.5 Å². The van der Waals surface area contributed by atoms with E-state index in [0.717, 1.165) is 17.7 Å². The number of piperazine rings is 1. The Morgan fingerprint density at radius 1 is 1.35 bits per heavy atom. The van der Waals surface area contributed by atoms with Crippen molar-refractivity contribution in [1.82, 2.24) is 15.1 Å². The summed E-state index contributed by atoms with van der Waals surface area (Å²) in [6, 6.07) is 4.95. The fourth-order valence-electron chi connectivity index (χ4n) is 3.68. The summed E-state index contributed by atoms with van der Waals surface area (Å²) in [6.45, 7) is 5.43. The van der Waals surface area contributed by atoms with E-state index in [1.807, 2.05) is 18.7 Å². The first-order valence-corrected chi connectivity index (χ1v) is 10.1. The third-order valence-corrected chi connectivity index (χ3v) is 5.19. The maximum absolute atomic E-state index is 14.2. The number of benzene rings is 1. The predicted molar refractivity (Wildman–Crippen MR) is 113 cm³/mol. The summed E-state index contributed by atoms with van der Waals surface area (Å²) in [4.78, 5) is 40.9. The zero-order chi connectivity index (χ0) is 22.5. The number of amides is 3. The van der Waals surface area contributed by atoms with Gasteiger partial charge in [0.25, 0.3) is 5.91 Å². The van der Waals surface area contributed by atoms with Crippen molar-refractivity contribution in [3.8, 4) is 0 Å². The van der Waals surface area contributed by atoms with Gasteiger partial charge in [-0.3, -0.25) is 19.3 Å². The lowest BCUT2D eigenvalue weighted by molar-refractivity contribution is -0.133. The van der Waals surface area contributed by atoms with Crippen molar-refractivity contribution in [1.29, 1.82) is 0 Å². The highest BCUT2D eigenvalue weighted by Crippen LogP contribution is 2.19. The topological polar surface area (TPSA) is 94.9 Å². The molecule has 1 fully saturated rings. The van der Waals surface area contributed by atoms with E-state index in [4.69, 9.17) is 4.42 Å². The molecule has 0 spiro atoms. The van der Waals surface area contributed by atoms with Crippen LogP contribution in [-0.4, -0.2) is 59.7 Å². The second-order valence-electron chi connectivity index (χ2n) is 7.91. The Hall–Kier alpha value is -3.20. The van der Waals surface area contributed by atoms with Crippen molar-refractivity contribution in [2.75, 3.05) is 25.5 Å². The number of furan rings is 1. The fraction of sp³-hybridized carbons (Fsp3) is 0.409. The Morgan fingerprint density at radius 2 is 2.13 bits per heavy atom. The third-order valence-electron chi connectivity index (χ3n) is 5.19. The average Bonchev–Trinajstić information content (AvgIpc) is 3.21. The van der Waals surface area contributed by atoms with Crippen LogP contribution in [0, 0.1) is 5.82 Å². The largest absolute Gasteiger partial charge is 0.472 e. The maximum atomic E-state index is 14.2. The van der Waals surface area contributed by atoms with Gasteiger partial charge < -0.3 is 20.0 Å². The van der Waals surface area contributed by atoms with Crippen LogP contribution in [0.15, 0.2) is 41.2 Å². The van der Waals surface area contributed by atoms with Crippen molar-refractivity contribution < 1.29 is 23.2 Å². The van der Waals surface area contributed by atoms with Gasteiger partial charge in [-0.05, 0) is 38.1 Å². The van der Waals surface area contributed by atoms with Crippen molar-refractivity contribution in [3.05, 3.63) is 53.7 Å². The van der Waals surface area contributed by atoms with Crippen LogP contribution in [-0.2, 0) is 16.1 Å². The highest BCUT2D eigenvalue weighted by molar-refractivity contribution is 5.98. The molecule has 3 rings (SSSR count). The number of nitrogens with one attached hydrogen (secondary N) is 2. The Balaban J connectivity index is 1.68. The molecule has 166 valence electrons. The van der Waals surface area contributed by atoms with E-state index in [2.05, 4.69) is 10.6 Å². The molecule has 1 aliphatic rings. The molecule has 0 saturated carbocycles. The van der Waals surface area contributed by atoms with Gasteiger partial charge in [-0.1, -0.05) is 0 Å². The standard InChI is InChI=1S/C22H27FN4O4/c1-14(2)27-6-5-24-21(29)19(27)11-20(28)25-18-9-16(8-17(23)10-18)22(30)26(3)12-15-4-7-31-13-15/h4,7-10,13-14,19H,5-6,11-12H2,1-3H3,(H,24,29)(H,25,28). The number of carbonyl (C=O) groups excluding carboxylic acids is 3. The lowest BCUT2D eigenvalue weighted by Gasteiger charge is -2.37. The first-order valence-electron chi connectivity index (χ1n) is 10.1. The van der Waals surface area contributed by atoms with Crippen LogP contribution in [0.25, 0.3) is 0 Å². The Morgan fingerprint density at radius 3 is 2.81 bits per heavy atom. The molecule has 1 aromatic heterocycles. The van der Waals surface area contributed by atoms with Crippen LogP contribution in [0.5, 0.6) is 0 Å². The highest BCUT2D eigenvalue weighted by Gasteiger charge is 2.33. The van der Waals surface area contributed by atoms with Crippen molar-refractivity contribution in [2.45, 2.75) is 38.9 Å². The molecule has 1 aliphatic heterocycles. The van der Waals surface area contributed by atoms with E-state index in [0.29, 0.717) is 19.6 Å². The Labute approximate surface area is 180 Å². The number of carbonyl (C=O) groups is 3. The molecule has 2 N–H and O–H groups in total. The Kier molecular flexibility index (Phi) is 7.06. The van der Waals surface area contributed by atoms with Crippen LogP contribution in [0.1, 0.15) is 36.2 Å². The summed E-state index contributed by atoms with van der Waals surface area (Å²) in [5, 5.41) is 5.39. The lowest BCUT2D eigenvalue weighted by Crippen LogP contribution is -2.58. The molecular weight excluding hydrogens is 403 g/mol. The number of hydrogen-bond donors (Lipinski definition) is 2. The van der Waals surface area contributed by atoms with Crippen molar-refractivity contribution >= 4 is 23.4 Å². The van der Waals surface area contributed by atoms with Crippen LogP contribution in [0.2, 0.25) is 0 Å². The molecular formula is C22H27FN4O4. The maximum Gasteiger partial charge on any atom is 0.254 e. The molecule has 1 saturated heterocycles. The zero-order valence-electron chi connectivity index (χ0n) is 17.9. The predicted octanol–water partition coefficient (Wildman–Crippen LogP) is 2.23. The minimum atomic E-state index is -0.642. The lowest BCUT2D eigenvalue weighted by atomic mass is 10.1. The summed E-state index contributed by atoms with van der Waals surface area (Å²) in [7, 11) is 1.60. The molecule has 2 heterocycles. The summed E-state index contributed by atoms with van der Waals surface area (Å²) >= 11 is 0. The van der Waals surface area contributed by atoms with Gasteiger partial charge in [0.15, 0.2) is 0 Å². The highest BCUT2D eigenvalue weighted by atomic mass is 19.1. The SMILES string of the molecule is CC(C)N1CCNC(=O)C1CC(=O)Nc1cc(F)cc(C(=O)N(C)Cc2ccoc2)c1. The summed E-state index contributed by atoms with van der Waals surface area (Å²) < 4.78 is 19.2. The molecule has 2 aromatic rings. The number of hydrogen-bond acceptors (Lipinski definition) is 5. The van der Waals surface area contributed by atoms with Crippen LogP contribution < -0.4 is 10.6 Å². The van der Waals surface area contributed by atoms with E-state index in [9.17, 15) is 18.8 Å². The molecule has 31 heavy (non-hydrogen) atoms. The second-order valence-corrected chi connectivity index (χ2v) is 7.91. The van der Waals surface area contributed by atoms with Crippen LogP contribution >= 0.6 is 0 Å². The van der Waals surface area contributed by atoms with Gasteiger partial charge in [-0.2, -0.15) is 0 Å². The summed E-state index contributed by atoms with van der Waals surface area (Å²) in [6.07, 6.45) is 2.98. The fourth-order valence-corrected chi connectivity index (χ4v) is 3.68.